The largest absolute Gasteiger partial charge is 0.483 e. The zero-order valence-corrected chi connectivity index (χ0v) is 9.71. The Bertz CT molecular complexity index is 343. The van der Waals surface area contributed by atoms with Crippen molar-refractivity contribution >= 4 is 23.2 Å². The van der Waals surface area contributed by atoms with Crippen molar-refractivity contribution in [3.8, 4) is 0 Å². The first-order chi connectivity index (χ1) is 7.15. The number of carbonyl (C=O) groups is 1. The fourth-order valence-electron chi connectivity index (χ4n) is 3.91. The van der Waals surface area contributed by atoms with Crippen molar-refractivity contribution in [3.05, 3.63) is 0 Å². The molecule has 0 aromatic heterocycles. The third-order valence-electron chi connectivity index (χ3n) is 4.54. The normalized spacial score (nSPS) is 50.7. The number of ether oxygens (including phenoxy) is 1. The standard InChI is InChI=1S/C11H15NO2S/c1-4-5-3-6-8(7(5)10(13)12-2)11(15)14-9(4)6/h4-9H,3H2,1-2H3,(H,12,13). The van der Waals surface area contributed by atoms with Gasteiger partial charge in [-0.25, -0.2) is 0 Å². The molecule has 0 aromatic carbocycles. The smallest absolute Gasteiger partial charge is 0.223 e. The van der Waals surface area contributed by atoms with Crippen LogP contribution < -0.4 is 5.32 Å². The van der Waals surface area contributed by atoms with E-state index in [1.54, 1.807) is 7.05 Å². The molecule has 3 nitrogen and oxygen atoms in total. The van der Waals surface area contributed by atoms with Gasteiger partial charge in [0.1, 0.15) is 6.10 Å². The summed E-state index contributed by atoms with van der Waals surface area (Å²) < 4.78 is 5.73. The lowest BCUT2D eigenvalue weighted by Gasteiger charge is -2.28. The van der Waals surface area contributed by atoms with Crippen LogP contribution >= 0.6 is 12.2 Å². The average Bonchev–Trinajstić information content (AvgIpc) is 2.80. The molecule has 0 spiro atoms. The van der Waals surface area contributed by atoms with Gasteiger partial charge < -0.3 is 10.1 Å². The predicted octanol–water partition coefficient (Wildman–Crippen LogP) is 0.977. The molecular formula is C11H15NO2S. The van der Waals surface area contributed by atoms with Crippen LogP contribution in [-0.2, 0) is 9.53 Å². The quantitative estimate of drug-likeness (QED) is 0.676. The Balaban J connectivity index is 1.98. The van der Waals surface area contributed by atoms with Crippen LogP contribution in [0, 0.1) is 29.6 Å². The molecule has 1 saturated heterocycles. The minimum Gasteiger partial charge on any atom is -0.483 e. The van der Waals surface area contributed by atoms with Crippen molar-refractivity contribution in [2.45, 2.75) is 19.4 Å². The molecular weight excluding hydrogens is 210 g/mol. The summed E-state index contributed by atoms with van der Waals surface area (Å²) in [6, 6.07) is 0. The van der Waals surface area contributed by atoms with Crippen LogP contribution in [0.1, 0.15) is 13.3 Å². The molecule has 15 heavy (non-hydrogen) atoms. The summed E-state index contributed by atoms with van der Waals surface area (Å²) >= 11 is 5.26. The summed E-state index contributed by atoms with van der Waals surface area (Å²) in [6.45, 7) is 2.19. The van der Waals surface area contributed by atoms with E-state index in [4.69, 9.17) is 17.0 Å². The van der Waals surface area contributed by atoms with Gasteiger partial charge in [-0.05, 0) is 30.5 Å². The number of hydrogen-bond acceptors (Lipinski definition) is 3. The van der Waals surface area contributed by atoms with E-state index in [0.717, 1.165) is 6.42 Å². The molecule has 2 aliphatic carbocycles. The van der Waals surface area contributed by atoms with Gasteiger partial charge in [-0.2, -0.15) is 0 Å². The highest BCUT2D eigenvalue weighted by Crippen LogP contribution is 2.60. The van der Waals surface area contributed by atoms with Crippen molar-refractivity contribution in [1.82, 2.24) is 5.32 Å². The molecule has 0 radical (unpaired) electrons. The lowest BCUT2D eigenvalue weighted by molar-refractivity contribution is -0.127. The number of rotatable bonds is 1. The van der Waals surface area contributed by atoms with Gasteiger partial charge in [0.15, 0.2) is 5.05 Å². The molecule has 4 heteroatoms. The average molecular weight is 225 g/mol. The molecule has 1 heterocycles. The maximum atomic E-state index is 11.9. The highest BCUT2D eigenvalue weighted by Gasteiger charge is 2.65. The highest BCUT2D eigenvalue weighted by atomic mass is 32.1. The Morgan fingerprint density at radius 1 is 1.53 bits per heavy atom. The molecule has 3 aliphatic rings. The summed E-state index contributed by atoms with van der Waals surface area (Å²) in [5, 5.41) is 3.45. The number of fused-ring (bicyclic) bond motifs is 1. The van der Waals surface area contributed by atoms with E-state index in [1.807, 2.05) is 0 Å². The molecule has 6 unspecified atom stereocenters. The molecule has 1 amide bonds. The lowest BCUT2D eigenvalue weighted by Crippen LogP contribution is -2.40. The minimum absolute atomic E-state index is 0.0706. The van der Waals surface area contributed by atoms with Crippen molar-refractivity contribution < 1.29 is 9.53 Å². The Morgan fingerprint density at radius 2 is 2.27 bits per heavy atom. The highest BCUT2D eigenvalue weighted by molar-refractivity contribution is 7.80. The second-order valence-electron chi connectivity index (χ2n) is 4.99. The fraction of sp³-hybridized carbons (Fsp3) is 0.818. The number of amides is 1. The van der Waals surface area contributed by atoms with Crippen molar-refractivity contribution in [2.24, 2.45) is 29.6 Å². The molecule has 1 aliphatic heterocycles. The van der Waals surface area contributed by atoms with Crippen LogP contribution in [0.15, 0.2) is 0 Å². The number of hydrogen-bond donors (Lipinski definition) is 1. The molecule has 2 bridgehead atoms. The first-order valence-corrected chi connectivity index (χ1v) is 5.98. The van der Waals surface area contributed by atoms with Crippen LogP contribution in [0.4, 0.5) is 0 Å². The zero-order valence-electron chi connectivity index (χ0n) is 8.90. The Morgan fingerprint density at radius 3 is 2.93 bits per heavy atom. The molecule has 3 fully saturated rings. The minimum atomic E-state index is 0.0706. The summed E-state index contributed by atoms with van der Waals surface area (Å²) in [7, 11) is 1.70. The molecule has 2 saturated carbocycles. The summed E-state index contributed by atoms with van der Waals surface area (Å²) in [4.78, 5) is 11.9. The second-order valence-corrected chi connectivity index (χ2v) is 5.39. The summed E-state index contributed by atoms with van der Waals surface area (Å²) in [5.41, 5.74) is 0. The van der Waals surface area contributed by atoms with Crippen LogP contribution in [0.25, 0.3) is 0 Å². The number of carbonyl (C=O) groups excluding carboxylic acids is 1. The third kappa shape index (κ3) is 1.01. The van der Waals surface area contributed by atoms with Crippen LogP contribution in [0.5, 0.6) is 0 Å². The van der Waals surface area contributed by atoms with Crippen LogP contribution in [0.3, 0.4) is 0 Å². The van der Waals surface area contributed by atoms with Gasteiger partial charge in [-0.15, -0.1) is 0 Å². The Labute approximate surface area is 94.6 Å². The third-order valence-corrected chi connectivity index (χ3v) is 4.91. The Hall–Kier alpha value is -0.640. The number of nitrogens with one attached hydrogen (secondary N) is 1. The SMILES string of the molecule is CNC(=O)C1C2CC3C(OC(=S)C31)C2C. The lowest BCUT2D eigenvalue weighted by atomic mass is 9.75. The Kier molecular flexibility index (Phi) is 1.88. The van der Waals surface area contributed by atoms with E-state index >= 15 is 0 Å². The molecule has 0 aromatic rings. The van der Waals surface area contributed by atoms with E-state index in [-0.39, 0.29) is 17.7 Å². The van der Waals surface area contributed by atoms with Gasteiger partial charge in [-0.1, -0.05) is 6.92 Å². The van der Waals surface area contributed by atoms with E-state index in [9.17, 15) is 4.79 Å². The summed E-state index contributed by atoms with van der Waals surface area (Å²) in [5.74, 6) is 1.90. The summed E-state index contributed by atoms with van der Waals surface area (Å²) in [6.07, 6.45) is 1.42. The molecule has 1 N–H and O–H groups in total. The number of thiocarbonyl (C=S) groups is 1. The predicted molar refractivity (Wildman–Crippen MR) is 59.3 cm³/mol. The fourth-order valence-corrected chi connectivity index (χ4v) is 4.34. The van der Waals surface area contributed by atoms with Gasteiger partial charge >= 0.3 is 0 Å². The van der Waals surface area contributed by atoms with Gasteiger partial charge in [0.05, 0.1) is 5.92 Å². The van der Waals surface area contributed by atoms with Crippen molar-refractivity contribution in [2.75, 3.05) is 7.05 Å². The topological polar surface area (TPSA) is 38.3 Å². The monoisotopic (exact) mass is 225 g/mol. The molecule has 82 valence electrons. The molecule has 6 atom stereocenters. The second kappa shape index (κ2) is 2.94. The van der Waals surface area contributed by atoms with Gasteiger partial charge in [0, 0.05) is 18.9 Å². The van der Waals surface area contributed by atoms with Crippen molar-refractivity contribution in [3.63, 3.8) is 0 Å². The zero-order chi connectivity index (χ0) is 10.7. The van der Waals surface area contributed by atoms with E-state index < -0.39 is 0 Å². The van der Waals surface area contributed by atoms with E-state index in [0.29, 0.717) is 28.9 Å². The maximum absolute atomic E-state index is 11.9. The van der Waals surface area contributed by atoms with Gasteiger partial charge in [-0.3, -0.25) is 4.79 Å². The van der Waals surface area contributed by atoms with E-state index in [2.05, 4.69) is 12.2 Å². The first-order valence-electron chi connectivity index (χ1n) is 5.57. The van der Waals surface area contributed by atoms with E-state index in [1.165, 1.54) is 0 Å². The first kappa shape index (κ1) is 9.58. The van der Waals surface area contributed by atoms with Gasteiger partial charge in [0.2, 0.25) is 5.91 Å². The van der Waals surface area contributed by atoms with Crippen LogP contribution in [-0.4, -0.2) is 24.1 Å². The van der Waals surface area contributed by atoms with Gasteiger partial charge in [0.25, 0.3) is 0 Å². The van der Waals surface area contributed by atoms with Crippen LogP contribution in [0.2, 0.25) is 0 Å². The molecule has 3 rings (SSSR count). The maximum Gasteiger partial charge on any atom is 0.223 e. The van der Waals surface area contributed by atoms with Crippen molar-refractivity contribution in [1.29, 1.82) is 0 Å².